The van der Waals surface area contributed by atoms with Gasteiger partial charge in [-0.15, -0.1) is 0 Å². The van der Waals surface area contributed by atoms with Crippen LogP contribution in [-0.4, -0.2) is 15.9 Å². The van der Waals surface area contributed by atoms with Crippen LogP contribution in [0.25, 0.3) is 0 Å². The Hall–Kier alpha value is -2.27. The summed E-state index contributed by atoms with van der Waals surface area (Å²) in [7, 11) is 0. The highest BCUT2D eigenvalue weighted by Crippen LogP contribution is 2.00. The van der Waals surface area contributed by atoms with Crippen LogP contribution in [0.2, 0.25) is 0 Å². The number of aromatic nitrogens is 2. The monoisotopic (exact) mass is 242 g/mol. The molecule has 0 aliphatic carbocycles. The van der Waals surface area contributed by atoms with Crippen LogP contribution in [0.15, 0.2) is 42.7 Å². The van der Waals surface area contributed by atoms with Gasteiger partial charge in [0.15, 0.2) is 0 Å². The number of hydrogen-bond donors (Lipinski definition) is 2. The number of amides is 1. The van der Waals surface area contributed by atoms with Gasteiger partial charge in [-0.1, -0.05) is 6.07 Å². The molecule has 2 rings (SSSR count). The third kappa shape index (κ3) is 3.36. The van der Waals surface area contributed by atoms with Gasteiger partial charge in [-0.05, 0) is 24.3 Å². The topological polar surface area (TPSA) is 80.9 Å². The molecule has 0 aliphatic heterocycles. The highest BCUT2D eigenvalue weighted by molar-refractivity contribution is 5.92. The molecule has 0 saturated carbocycles. The first-order valence-corrected chi connectivity index (χ1v) is 5.61. The van der Waals surface area contributed by atoms with E-state index in [0.717, 1.165) is 11.4 Å². The summed E-state index contributed by atoms with van der Waals surface area (Å²) in [5.41, 5.74) is 7.39. The number of pyridine rings is 2. The molecule has 5 heteroatoms. The number of nitrogens with two attached hydrogens (primary N) is 1. The van der Waals surface area contributed by atoms with Gasteiger partial charge < -0.3 is 11.1 Å². The molecule has 2 heterocycles. The van der Waals surface area contributed by atoms with Crippen molar-refractivity contribution in [3.05, 3.63) is 59.7 Å². The third-order valence-electron chi connectivity index (χ3n) is 2.45. The third-order valence-corrected chi connectivity index (χ3v) is 2.45. The average molecular weight is 242 g/mol. The van der Waals surface area contributed by atoms with Crippen molar-refractivity contribution in [1.29, 1.82) is 0 Å². The highest BCUT2D eigenvalue weighted by atomic mass is 16.1. The smallest absolute Gasteiger partial charge is 0.250 e. The van der Waals surface area contributed by atoms with Gasteiger partial charge in [0, 0.05) is 25.5 Å². The van der Waals surface area contributed by atoms with Crippen LogP contribution < -0.4 is 11.1 Å². The van der Waals surface area contributed by atoms with Crippen molar-refractivity contribution in [2.75, 3.05) is 0 Å². The molecule has 0 unspecified atom stereocenters. The van der Waals surface area contributed by atoms with Crippen molar-refractivity contribution in [3.63, 3.8) is 0 Å². The Morgan fingerprint density at radius 1 is 1.11 bits per heavy atom. The number of rotatable bonds is 5. The maximum atomic E-state index is 10.9. The van der Waals surface area contributed by atoms with Crippen molar-refractivity contribution < 1.29 is 4.79 Å². The van der Waals surface area contributed by atoms with Gasteiger partial charge in [0.25, 0.3) is 0 Å². The molecular weight excluding hydrogens is 228 g/mol. The van der Waals surface area contributed by atoms with Crippen molar-refractivity contribution in [3.8, 4) is 0 Å². The molecule has 0 radical (unpaired) electrons. The second-order valence-corrected chi connectivity index (χ2v) is 3.83. The Morgan fingerprint density at radius 2 is 1.89 bits per heavy atom. The Balaban J connectivity index is 1.85. The zero-order chi connectivity index (χ0) is 12.8. The van der Waals surface area contributed by atoms with Crippen molar-refractivity contribution in [2.24, 2.45) is 5.73 Å². The molecule has 2 aromatic rings. The van der Waals surface area contributed by atoms with Crippen LogP contribution >= 0.6 is 0 Å². The summed E-state index contributed by atoms with van der Waals surface area (Å²) >= 11 is 0. The first kappa shape index (κ1) is 12.2. The van der Waals surface area contributed by atoms with Crippen molar-refractivity contribution in [2.45, 2.75) is 13.1 Å². The SMILES string of the molecule is NC(=O)c1ccc(CNCc2ccccn2)nc1. The molecule has 2 aromatic heterocycles. The van der Waals surface area contributed by atoms with E-state index in [9.17, 15) is 4.79 Å². The quantitative estimate of drug-likeness (QED) is 0.815. The molecule has 3 N–H and O–H groups in total. The van der Waals surface area contributed by atoms with Crippen LogP contribution in [-0.2, 0) is 13.1 Å². The van der Waals surface area contributed by atoms with Crippen LogP contribution in [0.1, 0.15) is 21.7 Å². The summed E-state index contributed by atoms with van der Waals surface area (Å²) in [6.45, 7) is 1.30. The Bertz CT molecular complexity index is 510. The largest absolute Gasteiger partial charge is 0.366 e. The van der Waals surface area contributed by atoms with Crippen LogP contribution in [0.4, 0.5) is 0 Å². The van der Waals surface area contributed by atoms with E-state index in [4.69, 9.17) is 5.73 Å². The molecule has 0 saturated heterocycles. The first-order valence-electron chi connectivity index (χ1n) is 5.61. The van der Waals surface area contributed by atoms with E-state index >= 15 is 0 Å². The van der Waals surface area contributed by atoms with E-state index in [2.05, 4.69) is 15.3 Å². The van der Waals surface area contributed by atoms with Gasteiger partial charge in [0.1, 0.15) is 0 Å². The fourth-order valence-electron chi connectivity index (χ4n) is 1.50. The highest BCUT2D eigenvalue weighted by Gasteiger charge is 2.01. The summed E-state index contributed by atoms with van der Waals surface area (Å²) in [4.78, 5) is 19.2. The van der Waals surface area contributed by atoms with Crippen LogP contribution in [0.3, 0.4) is 0 Å². The van der Waals surface area contributed by atoms with E-state index in [1.807, 2.05) is 18.2 Å². The minimum absolute atomic E-state index is 0.420. The Kier molecular flexibility index (Phi) is 3.98. The molecule has 1 amide bonds. The van der Waals surface area contributed by atoms with Gasteiger partial charge >= 0.3 is 0 Å². The molecule has 5 nitrogen and oxygen atoms in total. The molecule has 0 aromatic carbocycles. The minimum Gasteiger partial charge on any atom is -0.366 e. The van der Waals surface area contributed by atoms with Crippen LogP contribution in [0.5, 0.6) is 0 Å². The summed E-state index contributed by atoms with van der Waals surface area (Å²) in [6.07, 6.45) is 3.25. The van der Waals surface area contributed by atoms with Gasteiger partial charge in [-0.3, -0.25) is 14.8 Å². The Labute approximate surface area is 105 Å². The maximum absolute atomic E-state index is 10.9. The standard InChI is InChI=1S/C13H14N4O/c14-13(18)10-4-5-12(17-7-10)9-15-8-11-3-1-2-6-16-11/h1-7,15H,8-9H2,(H2,14,18). The van der Waals surface area contributed by atoms with Gasteiger partial charge in [0.05, 0.1) is 17.0 Å². The first-order chi connectivity index (χ1) is 8.75. The summed E-state index contributed by atoms with van der Waals surface area (Å²) in [6, 6.07) is 9.24. The number of nitrogens with zero attached hydrogens (tertiary/aromatic N) is 2. The maximum Gasteiger partial charge on any atom is 0.250 e. The summed E-state index contributed by atoms with van der Waals surface area (Å²) in [5.74, 6) is -0.463. The lowest BCUT2D eigenvalue weighted by atomic mass is 10.2. The van der Waals surface area contributed by atoms with E-state index < -0.39 is 5.91 Å². The summed E-state index contributed by atoms with van der Waals surface area (Å²) < 4.78 is 0. The van der Waals surface area contributed by atoms with E-state index in [1.54, 1.807) is 18.3 Å². The second kappa shape index (κ2) is 5.88. The zero-order valence-corrected chi connectivity index (χ0v) is 9.84. The predicted molar refractivity (Wildman–Crippen MR) is 67.5 cm³/mol. The van der Waals surface area contributed by atoms with Crippen molar-refractivity contribution in [1.82, 2.24) is 15.3 Å². The number of carbonyl (C=O) groups excluding carboxylic acids is 1. The normalized spacial score (nSPS) is 10.2. The molecular formula is C13H14N4O. The lowest BCUT2D eigenvalue weighted by Crippen LogP contribution is -2.15. The second-order valence-electron chi connectivity index (χ2n) is 3.83. The number of carbonyl (C=O) groups is 1. The number of primary amides is 1. The predicted octanol–water partition coefficient (Wildman–Crippen LogP) is 0.865. The average Bonchev–Trinajstić information content (AvgIpc) is 2.40. The molecule has 92 valence electrons. The number of hydrogen-bond acceptors (Lipinski definition) is 4. The minimum atomic E-state index is -0.463. The van der Waals surface area contributed by atoms with Gasteiger partial charge in [0.2, 0.25) is 5.91 Å². The molecule has 0 spiro atoms. The molecule has 18 heavy (non-hydrogen) atoms. The van der Waals surface area contributed by atoms with Crippen LogP contribution in [0, 0.1) is 0 Å². The van der Waals surface area contributed by atoms with Gasteiger partial charge in [-0.25, -0.2) is 0 Å². The van der Waals surface area contributed by atoms with E-state index in [0.29, 0.717) is 18.7 Å². The summed E-state index contributed by atoms with van der Waals surface area (Å²) in [5, 5.41) is 3.23. The lowest BCUT2D eigenvalue weighted by Gasteiger charge is -2.04. The molecule has 0 aliphatic rings. The zero-order valence-electron chi connectivity index (χ0n) is 9.84. The van der Waals surface area contributed by atoms with E-state index in [1.165, 1.54) is 6.20 Å². The molecule has 0 bridgehead atoms. The molecule has 0 fully saturated rings. The fraction of sp³-hybridized carbons (Fsp3) is 0.154. The number of nitrogens with one attached hydrogen (secondary N) is 1. The van der Waals surface area contributed by atoms with Crippen molar-refractivity contribution >= 4 is 5.91 Å². The Morgan fingerprint density at radius 3 is 2.44 bits per heavy atom. The fourth-order valence-corrected chi connectivity index (χ4v) is 1.50. The van der Waals surface area contributed by atoms with E-state index in [-0.39, 0.29) is 0 Å². The lowest BCUT2D eigenvalue weighted by molar-refractivity contribution is 0.1000. The molecule has 0 atom stereocenters. The van der Waals surface area contributed by atoms with Gasteiger partial charge in [-0.2, -0.15) is 0 Å².